The number of benzene rings is 2. The summed E-state index contributed by atoms with van der Waals surface area (Å²) in [5.41, 5.74) is 7.17. The molecule has 0 unspecified atom stereocenters. The largest absolute Gasteiger partial charge is 0.497 e. The number of methoxy groups -OCH3 is 1. The standard InChI is InChI=1S/C17H20N2O4/c1-22-15-5-7-16(8-6-15)23-10-9-19(17(20)21)12-13-3-2-4-14(18)11-13/h2-8,11H,9-10,12,18H2,1H3,(H,20,21). The molecule has 2 rings (SSSR count). The van der Waals surface area contributed by atoms with E-state index in [0.717, 1.165) is 11.3 Å². The zero-order valence-corrected chi connectivity index (χ0v) is 12.9. The van der Waals surface area contributed by atoms with Gasteiger partial charge in [0.05, 0.1) is 13.7 Å². The Bertz CT molecular complexity index is 643. The summed E-state index contributed by atoms with van der Waals surface area (Å²) < 4.78 is 10.6. The lowest BCUT2D eigenvalue weighted by Crippen LogP contribution is -2.32. The molecule has 0 bridgehead atoms. The molecule has 0 heterocycles. The van der Waals surface area contributed by atoms with Gasteiger partial charge >= 0.3 is 6.09 Å². The molecular formula is C17H20N2O4. The molecule has 0 radical (unpaired) electrons. The average molecular weight is 316 g/mol. The molecule has 6 heteroatoms. The number of amides is 1. The maximum Gasteiger partial charge on any atom is 0.407 e. The van der Waals surface area contributed by atoms with Crippen LogP contribution in [0.25, 0.3) is 0 Å². The van der Waals surface area contributed by atoms with Crippen molar-refractivity contribution in [1.29, 1.82) is 0 Å². The minimum atomic E-state index is -0.995. The molecule has 23 heavy (non-hydrogen) atoms. The van der Waals surface area contributed by atoms with Gasteiger partial charge in [-0.05, 0) is 42.0 Å². The number of nitrogen functional groups attached to an aromatic ring is 1. The van der Waals surface area contributed by atoms with Crippen molar-refractivity contribution in [3.63, 3.8) is 0 Å². The molecule has 0 saturated carbocycles. The summed E-state index contributed by atoms with van der Waals surface area (Å²) in [5, 5.41) is 9.29. The zero-order chi connectivity index (χ0) is 16.7. The Morgan fingerprint density at radius 3 is 2.48 bits per heavy atom. The van der Waals surface area contributed by atoms with Crippen LogP contribution in [0.15, 0.2) is 48.5 Å². The van der Waals surface area contributed by atoms with E-state index in [2.05, 4.69) is 0 Å². The van der Waals surface area contributed by atoms with Crippen molar-refractivity contribution < 1.29 is 19.4 Å². The van der Waals surface area contributed by atoms with E-state index < -0.39 is 6.09 Å². The first kappa shape index (κ1) is 16.5. The summed E-state index contributed by atoms with van der Waals surface area (Å²) in [6, 6.07) is 14.3. The molecule has 3 N–H and O–H groups in total. The van der Waals surface area contributed by atoms with Gasteiger partial charge in [0.25, 0.3) is 0 Å². The van der Waals surface area contributed by atoms with E-state index in [-0.39, 0.29) is 19.7 Å². The fraction of sp³-hybridized carbons (Fsp3) is 0.235. The highest BCUT2D eigenvalue weighted by molar-refractivity contribution is 5.65. The number of ether oxygens (including phenoxy) is 2. The van der Waals surface area contributed by atoms with E-state index >= 15 is 0 Å². The number of hydrogen-bond acceptors (Lipinski definition) is 4. The highest BCUT2D eigenvalue weighted by Crippen LogP contribution is 2.17. The Balaban J connectivity index is 1.88. The number of carboxylic acid groups (broad SMARTS) is 1. The molecule has 0 aromatic heterocycles. The van der Waals surface area contributed by atoms with Crippen molar-refractivity contribution in [3.8, 4) is 11.5 Å². The number of nitrogens with zero attached hydrogens (tertiary/aromatic N) is 1. The van der Waals surface area contributed by atoms with Gasteiger partial charge in [0, 0.05) is 12.2 Å². The van der Waals surface area contributed by atoms with Crippen LogP contribution in [0.2, 0.25) is 0 Å². The molecule has 0 aliphatic carbocycles. The summed E-state index contributed by atoms with van der Waals surface area (Å²) in [5.74, 6) is 1.41. The summed E-state index contributed by atoms with van der Waals surface area (Å²) in [4.78, 5) is 12.6. The lowest BCUT2D eigenvalue weighted by molar-refractivity contribution is 0.132. The van der Waals surface area contributed by atoms with Crippen molar-refractivity contribution >= 4 is 11.8 Å². The Morgan fingerprint density at radius 1 is 1.17 bits per heavy atom. The Labute approximate surface area is 135 Å². The van der Waals surface area contributed by atoms with E-state index in [1.54, 1.807) is 49.6 Å². The number of carbonyl (C=O) groups is 1. The molecule has 122 valence electrons. The van der Waals surface area contributed by atoms with Crippen LogP contribution in [0.4, 0.5) is 10.5 Å². The van der Waals surface area contributed by atoms with Crippen LogP contribution in [0.5, 0.6) is 11.5 Å². The van der Waals surface area contributed by atoms with E-state index in [1.807, 2.05) is 6.07 Å². The van der Waals surface area contributed by atoms with Gasteiger partial charge in [-0.1, -0.05) is 12.1 Å². The molecule has 2 aromatic carbocycles. The molecule has 6 nitrogen and oxygen atoms in total. The topological polar surface area (TPSA) is 85.0 Å². The smallest absolute Gasteiger partial charge is 0.407 e. The first-order valence-electron chi connectivity index (χ1n) is 7.17. The van der Waals surface area contributed by atoms with Crippen LogP contribution < -0.4 is 15.2 Å². The molecule has 0 aliphatic heterocycles. The second kappa shape index (κ2) is 7.93. The molecule has 0 fully saturated rings. The van der Waals surface area contributed by atoms with E-state index in [0.29, 0.717) is 11.4 Å². The minimum absolute atomic E-state index is 0.260. The van der Waals surface area contributed by atoms with Gasteiger partial charge in [0.15, 0.2) is 0 Å². The van der Waals surface area contributed by atoms with Crippen LogP contribution in [-0.2, 0) is 6.54 Å². The van der Waals surface area contributed by atoms with Crippen LogP contribution in [0, 0.1) is 0 Å². The number of anilines is 1. The summed E-state index contributed by atoms with van der Waals surface area (Å²) >= 11 is 0. The van der Waals surface area contributed by atoms with Crippen molar-refractivity contribution in [3.05, 3.63) is 54.1 Å². The van der Waals surface area contributed by atoms with Crippen LogP contribution >= 0.6 is 0 Å². The molecule has 0 spiro atoms. The monoisotopic (exact) mass is 316 g/mol. The third kappa shape index (κ3) is 5.10. The van der Waals surface area contributed by atoms with E-state index in [9.17, 15) is 9.90 Å². The van der Waals surface area contributed by atoms with Crippen LogP contribution in [0.1, 0.15) is 5.56 Å². The van der Waals surface area contributed by atoms with Crippen molar-refractivity contribution in [2.75, 3.05) is 26.0 Å². The van der Waals surface area contributed by atoms with E-state index in [1.165, 1.54) is 4.90 Å². The summed E-state index contributed by atoms with van der Waals surface area (Å²) in [6.45, 7) is 0.795. The maximum absolute atomic E-state index is 11.3. The first-order chi connectivity index (χ1) is 11.1. The number of rotatable bonds is 7. The predicted molar refractivity (Wildman–Crippen MR) is 87.8 cm³/mol. The zero-order valence-electron chi connectivity index (χ0n) is 12.9. The van der Waals surface area contributed by atoms with Gasteiger partial charge in [-0.15, -0.1) is 0 Å². The van der Waals surface area contributed by atoms with Gasteiger partial charge < -0.3 is 25.2 Å². The second-order valence-electron chi connectivity index (χ2n) is 4.97. The summed E-state index contributed by atoms with van der Waals surface area (Å²) in [7, 11) is 1.59. The SMILES string of the molecule is COc1ccc(OCCN(Cc2cccc(N)c2)C(=O)O)cc1. The molecular weight excluding hydrogens is 296 g/mol. The molecule has 0 aliphatic rings. The van der Waals surface area contributed by atoms with Gasteiger partial charge in [0.1, 0.15) is 18.1 Å². The molecule has 2 aromatic rings. The predicted octanol–water partition coefficient (Wildman–Crippen LogP) is 2.84. The van der Waals surface area contributed by atoms with Crippen LogP contribution in [-0.4, -0.2) is 36.4 Å². The maximum atomic E-state index is 11.3. The van der Waals surface area contributed by atoms with Crippen LogP contribution in [0.3, 0.4) is 0 Å². The Morgan fingerprint density at radius 2 is 1.87 bits per heavy atom. The highest BCUT2D eigenvalue weighted by atomic mass is 16.5. The average Bonchev–Trinajstić information content (AvgIpc) is 2.54. The third-order valence-corrected chi connectivity index (χ3v) is 3.28. The van der Waals surface area contributed by atoms with Crippen molar-refractivity contribution in [2.24, 2.45) is 0 Å². The normalized spacial score (nSPS) is 10.1. The van der Waals surface area contributed by atoms with Gasteiger partial charge in [-0.25, -0.2) is 4.79 Å². The van der Waals surface area contributed by atoms with Gasteiger partial charge in [0.2, 0.25) is 0 Å². The highest BCUT2D eigenvalue weighted by Gasteiger charge is 2.12. The Hall–Kier alpha value is -2.89. The number of hydrogen-bond donors (Lipinski definition) is 2. The van der Waals surface area contributed by atoms with E-state index in [4.69, 9.17) is 15.2 Å². The summed E-state index contributed by atoms with van der Waals surface area (Å²) in [6.07, 6.45) is -0.995. The number of nitrogens with two attached hydrogens (primary N) is 1. The second-order valence-corrected chi connectivity index (χ2v) is 4.97. The lowest BCUT2D eigenvalue weighted by atomic mass is 10.2. The Kier molecular flexibility index (Phi) is 5.68. The molecule has 1 amide bonds. The fourth-order valence-corrected chi connectivity index (χ4v) is 2.10. The first-order valence-corrected chi connectivity index (χ1v) is 7.17. The van der Waals surface area contributed by atoms with Crippen molar-refractivity contribution in [2.45, 2.75) is 6.54 Å². The quantitative estimate of drug-likeness (QED) is 0.767. The van der Waals surface area contributed by atoms with Gasteiger partial charge in [-0.3, -0.25) is 0 Å². The van der Waals surface area contributed by atoms with Gasteiger partial charge in [-0.2, -0.15) is 0 Å². The lowest BCUT2D eigenvalue weighted by Gasteiger charge is -2.19. The van der Waals surface area contributed by atoms with Crippen molar-refractivity contribution in [1.82, 2.24) is 4.90 Å². The third-order valence-electron chi connectivity index (χ3n) is 3.28. The minimum Gasteiger partial charge on any atom is -0.497 e. The molecule has 0 saturated heterocycles. The fourth-order valence-electron chi connectivity index (χ4n) is 2.10. The molecule has 0 atom stereocenters.